The third-order valence-electron chi connectivity index (χ3n) is 3.72. The van der Waals surface area contributed by atoms with Gasteiger partial charge in [-0.1, -0.05) is 42.5 Å². The molecule has 1 aliphatic rings. The highest BCUT2D eigenvalue weighted by atomic mass is 19.1. The van der Waals surface area contributed by atoms with Gasteiger partial charge in [-0.25, -0.2) is 4.39 Å². The lowest BCUT2D eigenvalue weighted by atomic mass is 9.84. The quantitative estimate of drug-likeness (QED) is 0.881. The maximum absolute atomic E-state index is 13.0. The second-order valence-corrected chi connectivity index (χ2v) is 5.09. The van der Waals surface area contributed by atoms with Crippen LogP contribution in [0.5, 0.6) is 0 Å². The molecule has 2 aromatic carbocycles. The van der Waals surface area contributed by atoms with Crippen LogP contribution in [0.2, 0.25) is 0 Å². The minimum atomic E-state index is -1.28. The first-order valence-electron chi connectivity index (χ1n) is 6.54. The zero-order chi connectivity index (χ0) is 14.2. The Bertz CT molecular complexity index is 634. The second-order valence-electron chi connectivity index (χ2n) is 5.09. The maximum Gasteiger partial charge on any atom is 0.123 e. The Labute approximate surface area is 116 Å². The Balaban J connectivity index is 2.08. The van der Waals surface area contributed by atoms with Gasteiger partial charge in [-0.3, -0.25) is 0 Å². The number of hydrogen-bond acceptors (Lipinski definition) is 2. The van der Waals surface area contributed by atoms with E-state index in [0.717, 1.165) is 5.56 Å². The van der Waals surface area contributed by atoms with Crippen molar-refractivity contribution in [1.82, 2.24) is 0 Å². The van der Waals surface area contributed by atoms with Gasteiger partial charge in [-0.05, 0) is 34.9 Å². The molecule has 3 heteroatoms. The molecule has 0 unspecified atom stereocenters. The molecule has 3 rings (SSSR count). The number of aliphatic hydroxyl groups is 2. The minimum absolute atomic E-state index is 0.183. The summed E-state index contributed by atoms with van der Waals surface area (Å²) in [6, 6.07) is 15.2. The van der Waals surface area contributed by atoms with Crippen molar-refractivity contribution in [2.75, 3.05) is 0 Å². The molecular formula is C17H15FO2. The zero-order valence-electron chi connectivity index (χ0n) is 10.8. The van der Waals surface area contributed by atoms with Gasteiger partial charge in [0.1, 0.15) is 11.4 Å². The van der Waals surface area contributed by atoms with Gasteiger partial charge >= 0.3 is 0 Å². The predicted molar refractivity (Wildman–Crippen MR) is 75.3 cm³/mol. The highest BCUT2D eigenvalue weighted by molar-refractivity contribution is 5.76. The molecule has 1 aliphatic carbocycles. The fourth-order valence-corrected chi connectivity index (χ4v) is 2.75. The molecule has 0 radical (unpaired) electrons. The molecule has 20 heavy (non-hydrogen) atoms. The third-order valence-corrected chi connectivity index (χ3v) is 3.72. The van der Waals surface area contributed by atoms with Gasteiger partial charge in [-0.2, -0.15) is 0 Å². The van der Waals surface area contributed by atoms with Crippen LogP contribution in [0.25, 0.3) is 5.57 Å². The Hall–Kier alpha value is -1.97. The number of hydrogen-bond donors (Lipinski definition) is 2. The van der Waals surface area contributed by atoms with E-state index in [1.165, 1.54) is 12.1 Å². The summed E-state index contributed by atoms with van der Waals surface area (Å²) in [6.45, 7) is 0. The van der Waals surface area contributed by atoms with Crippen molar-refractivity contribution in [3.8, 4) is 0 Å². The van der Waals surface area contributed by atoms with Crippen LogP contribution >= 0.6 is 0 Å². The maximum atomic E-state index is 13.0. The number of aliphatic hydroxyl groups excluding tert-OH is 1. The summed E-state index contributed by atoms with van der Waals surface area (Å²) in [5.74, 6) is -0.346. The first-order chi connectivity index (χ1) is 9.59. The molecule has 0 heterocycles. The van der Waals surface area contributed by atoms with Crippen LogP contribution in [-0.4, -0.2) is 16.3 Å². The Kier molecular flexibility index (Phi) is 3.16. The molecule has 0 aliphatic heterocycles. The standard InChI is InChI=1S/C17H15FO2/c18-14-8-6-13(7-9-14)17(20)11-15(19)10-16(17)12-4-2-1-3-5-12/h1-10,15,19-20H,11H2/t15-,17+/m0/s1. The molecule has 0 saturated carbocycles. The molecule has 0 aromatic heterocycles. The van der Waals surface area contributed by atoms with Crippen LogP contribution in [0.4, 0.5) is 4.39 Å². The molecule has 0 spiro atoms. The summed E-state index contributed by atoms with van der Waals surface area (Å²) in [5, 5.41) is 20.9. The predicted octanol–water partition coefficient (Wildman–Crippen LogP) is 2.86. The zero-order valence-corrected chi connectivity index (χ0v) is 10.8. The third kappa shape index (κ3) is 2.15. The SMILES string of the molecule is O[C@H]1C=C(c2ccccc2)[C@](O)(c2ccc(F)cc2)C1. The van der Waals surface area contributed by atoms with Gasteiger partial charge < -0.3 is 10.2 Å². The molecule has 2 aromatic rings. The van der Waals surface area contributed by atoms with E-state index in [1.54, 1.807) is 18.2 Å². The first kappa shape index (κ1) is 13.0. The van der Waals surface area contributed by atoms with Gasteiger partial charge in [0.15, 0.2) is 0 Å². The van der Waals surface area contributed by atoms with Crippen molar-refractivity contribution in [3.63, 3.8) is 0 Å². The van der Waals surface area contributed by atoms with Gasteiger partial charge in [0.05, 0.1) is 6.10 Å². The lowest BCUT2D eigenvalue weighted by molar-refractivity contribution is 0.0628. The second kappa shape index (κ2) is 4.85. The molecule has 0 fully saturated rings. The van der Waals surface area contributed by atoms with E-state index < -0.39 is 11.7 Å². The highest BCUT2D eigenvalue weighted by Crippen LogP contribution is 2.44. The Morgan fingerprint density at radius 1 is 1.00 bits per heavy atom. The van der Waals surface area contributed by atoms with E-state index in [9.17, 15) is 14.6 Å². The Morgan fingerprint density at radius 3 is 2.30 bits per heavy atom. The van der Waals surface area contributed by atoms with Crippen LogP contribution in [-0.2, 0) is 5.60 Å². The highest BCUT2D eigenvalue weighted by Gasteiger charge is 2.41. The van der Waals surface area contributed by atoms with Gasteiger partial charge in [0, 0.05) is 6.42 Å². The molecular weight excluding hydrogens is 255 g/mol. The molecule has 2 N–H and O–H groups in total. The van der Waals surface area contributed by atoms with E-state index in [1.807, 2.05) is 30.3 Å². The normalized spacial score (nSPS) is 25.6. The van der Waals surface area contributed by atoms with Gasteiger partial charge in [-0.15, -0.1) is 0 Å². The van der Waals surface area contributed by atoms with Gasteiger partial charge in [0.25, 0.3) is 0 Å². The topological polar surface area (TPSA) is 40.5 Å². The van der Waals surface area contributed by atoms with E-state index >= 15 is 0 Å². The molecule has 2 atom stereocenters. The summed E-state index contributed by atoms with van der Waals surface area (Å²) in [6.07, 6.45) is 1.14. The van der Waals surface area contributed by atoms with E-state index in [2.05, 4.69) is 0 Å². The molecule has 0 saturated heterocycles. The monoisotopic (exact) mass is 270 g/mol. The molecule has 102 valence electrons. The van der Waals surface area contributed by atoms with Crippen LogP contribution in [0, 0.1) is 5.82 Å². The lowest BCUT2D eigenvalue weighted by Crippen LogP contribution is -2.26. The summed E-state index contributed by atoms with van der Waals surface area (Å²) < 4.78 is 13.0. The van der Waals surface area contributed by atoms with Crippen molar-refractivity contribution in [2.24, 2.45) is 0 Å². The average Bonchev–Trinajstić information content (AvgIpc) is 2.77. The van der Waals surface area contributed by atoms with Crippen LogP contribution in [0.3, 0.4) is 0 Å². The van der Waals surface area contributed by atoms with E-state index in [-0.39, 0.29) is 12.2 Å². The van der Waals surface area contributed by atoms with Crippen molar-refractivity contribution in [3.05, 3.63) is 77.6 Å². The van der Waals surface area contributed by atoms with Crippen LogP contribution in [0.1, 0.15) is 17.5 Å². The van der Waals surface area contributed by atoms with Crippen LogP contribution < -0.4 is 0 Å². The Morgan fingerprint density at radius 2 is 1.65 bits per heavy atom. The summed E-state index contributed by atoms with van der Waals surface area (Å²) >= 11 is 0. The van der Waals surface area contributed by atoms with E-state index in [0.29, 0.717) is 11.1 Å². The minimum Gasteiger partial charge on any atom is -0.389 e. The largest absolute Gasteiger partial charge is 0.389 e. The lowest BCUT2D eigenvalue weighted by Gasteiger charge is -2.27. The van der Waals surface area contributed by atoms with E-state index in [4.69, 9.17) is 0 Å². The summed E-state index contributed by atoms with van der Waals surface area (Å²) in [4.78, 5) is 0. The fourth-order valence-electron chi connectivity index (χ4n) is 2.75. The smallest absolute Gasteiger partial charge is 0.123 e. The summed E-state index contributed by atoms with van der Waals surface area (Å²) in [7, 11) is 0. The molecule has 0 amide bonds. The fraction of sp³-hybridized carbons (Fsp3) is 0.176. The van der Waals surface area contributed by atoms with Crippen molar-refractivity contribution in [1.29, 1.82) is 0 Å². The van der Waals surface area contributed by atoms with Crippen molar-refractivity contribution in [2.45, 2.75) is 18.1 Å². The van der Waals surface area contributed by atoms with Crippen LogP contribution in [0.15, 0.2) is 60.7 Å². The van der Waals surface area contributed by atoms with Crippen molar-refractivity contribution < 1.29 is 14.6 Å². The number of rotatable bonds is 2. The van der Waals surface area contributed by atoms with Crippen molar-refractivity contribution >= 4 is 5.57 Å². The first-order valence-corrected chi connectivity index (χ1v) is 6.54. The number of benzene rings is 2. The molecule has 2 nitrogen and oxygen atoms in total. The van der Waals surface area contributed by atoms with Gasteiger partial charge in [0.2, 0.25) is 0 Å². The summed E-state index contributed by atoms with van der Waals surface area (Å²) in [5.41, 5.74) is 0.827. The molecule has 0 bridgehead atoms. The average molecular weight is 270 g/mol. The number of halogens is 1.